The summed E-state index contributed by atoms with van der Waals surface area (Å²) in [6.07, 6.45) is 7.35. The number of hydrogen-bond acceptors (Lipinski definition) is 6. The van der Waals surface area contributed by atoms with Gasteiger partial charge in [0.15, 0.2) is 0 Å². The van der Waals surface area contributed by atoms with E-state index in [2.05, 4.69) is 15.3 Å². The van der Waals surface area contributed by atoms with Crippen molar-refractivity contribution in [2.24, 2.45) is 0 Å². The van der Waals surface area contributed by atoms with Crippen LogP contribution in [0.5, 0.6) is 0 Å². The summed E-state index contributed by atoms with van der Waals surface area (Å²) >= 11 is 0. The van der Waals surface area contributed by atoms with Crippen LogP contribution in [0.25, 0.3) is 0 Å². The van der Waals surface area contributed by atoms with Gasteiger partial charge in [0, 0.05) is 0 Å². The quantitative estimate of drug-likeness (QED) is 0.622. The molecule has 0 radical (unpaired) electrons. The highest BCUT2D eigenvalue weighted by molar-refractivity contribution is 5.33. The van der Waals surface area contributed by atoms with Crippen molar-refractivity contribution in [3.05, 3.63) is 22.5 Å². The molecule has 1 saturated carbocycles. The zero-order valence-corrected chi connectivity index (χ0v) is 10.0. The van der Waals surface area contributed by atoms with Crippen molar-refractivity contribution in [2.75, 3.05) is 11.9 Å². The molecule has 98 valence electrons. The van der Waals surface area contributed by atoms with Crippen LogP contribution in [0.1, 0.15) is 32.1 Å². The van der Waals surface area contributed by atoms with Crippen molar-refractivity contribution in [1.82, 2.24) is 9.97 Å². The van der Waals surface area contributed by atoms with Gasteiger partial charge in [-0.25, -0.2) is 9.97 Å². The molecule has 1 aromatic rings. The van der Waals surface area contributed by atoms with Crippen LogP contribution in [0.15, 0.2) is 12.4 Å². The van der Waals surface area contributed by atoms with Gasteiger partial charge in [-0.15, -0.1) is 0 Å². The molecule has 2 N–H and O–H groups in total. The highest BCUT2D eigenvalue weighted by Crippen LogP contribution is 2.30. The van der Waals surface area contributed by atoms with Crippen molar-refractivity contribution < 1.29 is 10.0 Å². The van der Waals surface area contributed by atoms with Crippen molar-refractivity contribution in [1.29, 1.82) is 0 Å². The number of hydrogen-bond donors (Lipinski definition) is 2. The van der Waals surface area contributed by atoms with Crippen LogP contribution in [0.4, 0.5) is 11.6 Å². The lowest BCUT2D eigenvalue weighted by atomic mass is 9.82. The first-order chi connectivity index (χ1) is 8.65. The fraction of sp³-hybridized carbons (Fsp3) is 0.636. The van der Waals surface area contributed by atoms with Crippen LogP contribution >= 0.6 is 0 Å². The van der Waals surface area contributed by atoms with Gasteiger partial charge in [-0.05, 0) is 12.8 Å². The lowest BCUT2D eigenvalue weighted by molar-refractivity contribution is -0.385. The number of nitrogens with zero attached hydrogens (tertiary/aromatic N) is 3. The van der Waals surface area contributed by atoms with E-state index >= 15 is 0 Å². The minimum absolute atomic E-state index is 0.0212. The second kappa shape index (κ2) is 5.26. The molecule has 0 aromatic carbocycles. The van der Waals surface area contributed by atoms with Gasteiger partial charge in [-0.2, -0.15) is 0 Å². The first-order valence-corrected chi connectivity index (χ1v) is 6.01. The molecule has 0 spiro atoms. The Morgan fingerprint density at radius 1 is 1.33 bits per heavy atom. The number of aromatic nitrogens is 2. The number of rotatable bonds is 4. The van der Waals surface area contributed by atoms with Gasteiger partial charge in [-0.1, -0.05) is 19.3 Å². The van der Waals surface area contributed by atoms with E-state index in [1.54, 1.807) is 0 Å². The number of nitro groups is 1. The smallest absolute Gasteiger partial charge is 0.305 e. The average molecular weight is 252 g/mol. The lowest BCUT2D eigenvalue weighted by Gasteiger charge is -2.36. The molecule has 2 rings (SSSR count). The number of aliphatic hydroxyl groups is 1. The average Bonchev–Trinajstić information content (AvgIpc) is 2.40. The molecule has 0 bridgehead atoms. The molecule has 0 amide bonds. The SMILES string of the molecule is O=[N+]([O-])c1cnc(NC2(CO)CCCCC2)nc1. The van der Waals surface area contributed by atoms with Gasteiger partial charge in [0.1, 0.15) is 12.4 Å². The van der Waals surface area contributed by atoms with E-state index in [4.69, 9.17) is 0 Å². The maximum absolute atomic E-state index is 10.5. The van der Waals surface area contributed by atoms with Crippen LogP contribution in [-0.4, -0.2) is 32.1 Å². The fourth-order valence-corrected chi connectivity index (χ4v) is 2.27. The van der Waals surface area contributed by atoms with Gasteiger partial charge in [-0.3, -0.25) is 10.1 Å². The first kappa shape index (κ1) is 12.7. The topological polar surface area (TPSA) is 101 Å². The Labute approximate surface area is 104 Å². The molecule has 1 fully saturated rings. The standard InChI is InChI=1S/C11H16N4O3/c16-8-11(4-2-1-3-5-11)14-10-12-6-9(7-13-10)15(17)18/h6-7,16H,1-5,8H2,(H,12,13,14). The van der Waals surface area contributed by atoms with Crippen LogP contribution in [0.2, 0.25) is 0 Å². The third-order valence-corrected chi connectivity index (χ3v) is 3.34. The predicted octanol–water partition coefficient (Wildman–Crippen LogP) is 1.49. The second-order valence-corrected chi connectivity index (χ2v) is 4.65. The minimum Gasteiger partial charge on any atom is -0.394 e. The third-order valence-electron chi connectivity index (χ3n) is 3.34. The zero-order valence-electron chi connectivity index (χ0n) is 10.0. The van der Waals surface area contributed by atoms with E-state index in [1.807, 2.05) is 0 Å². The largest absolute Gasteiger partial charge is 0.394 e. The Morgan fingerprint density at radius 2 is 1.94 bits per heavy atom. The second-order valence-electron chi connectivity index (χ2n) is 4.65. The molecule has 7 nitrogen and oxygen atoms in total. The Kier molecular flexibility index (Phi) is 3.71. The number of aliphatic hydroxyl groups excluding tert-OH is 1. The van der Waals surface area contributed by atoms with E-state index in [0.717, 1.165) is 25.7 Å². The van der Waals surface area contributed by atoms with Gasteiger partial charge in [0.25, 0.3) is 0 Å². The molecule has 1 aromatic heterocycles. The Hall–Kier alpha value is -1.76. The van der Waals surface area contributed by atoms with Gasteiger partial charge in [0.05, 0.1) is 17.1 Å². The van der Waals surface area contributed by atoms with Crippen molar-refractivity contribution in [3.8, 4) is 0 Å². The molecule has 1 heterocycles. The van der Waals surface area contributed by atoms with E-state index in [1.165, 1.54) is 18.8 Å². The summed E-state index contributed by atoms with van der Waals surface area (Å²) in [5, 5.41) is 23.1. The van der Waals surface area contributed by atoms with E-state index in [0.29, 0.717) is 5.95 Å². The summed E-state index contributed by atoms with van der Waals surface area (Å²) in [7, 11) is 0. The van der Waals surface area contributed by atoms with Crippen molar-refractivity contribution in [2.45, 2.75) is 37.6 Å². The zero-order chi connectivity index (χ0) is 13.0. The highest BCUT2D eigenvalue weighted by Gasteiger charge is 2.31. The molecule has 1 aliphatic rings. The maximum Gasteiger partial charge on any atom is 0.305 e. The summed E-state index contributed by atoms with van der Waals surface area (Å²) in [6, 6.07) is 0. The molecular formula is C11H16N4O3. The normalized spacial score (nSPS) is 18.3. The monoisotopic (exact) mass is 252 g/mol. The first-order valence-electron chi connectivity index (χ1n) is 6.01. The molecule has 0 unspecified atom stereocenters. The third kappa shape index (κ3) is 2.73. The number of anilines is 1. The van der Waals surface area contributed by atoms with Crippen LogP contribution in [0, 0.1) is 10.1 Å². The summed E-state index contributed by atoms with van der Waals surface area (Å²) in [5.74, 6) is 0.330. The molecule has 7 heteroatoms. The van der Waals surface area contributed by atoms with Crippen LogP contribution in [0.3, 0.4) is 0 Å². The summed E-state index contributed by atoms with van der Waals surface area (Å²) < 4.78 is 0. The Morgan fingerprint density at radius 3 is 2.44 bits per heavy atom. The van der Waals surface area contributed by atoms with Gasteiger partial charge in [0.2, 0.25) is 5.95 Å². The molecule has 0 aliphatic heterocycles. The Balaban J connectivity index is 2.09. The predicted molar refractivity (Wildman–Crippen MR) is 65.2 cm³/mol. The maximum atomic E-state index is 10.5. The molecule has 0 saturated heterocycles. The summed E-state index contributed by atoms with van der Waals surface area (Å²) in [4.78, 5) is 17.8. The van der Waals surface area contributed by atoms with Crippen molar-refractivity contribution in [3.63, 3.8) is 0 Å². The van der Waals surface area contributed by atoms with E-state index < -0.39 is 4.92 Å². The minimum atomic E-state index is -0.536. The van der Waals surface area contributed by atoms with Crippen LogP contribution in [-0.2, 0) is 0 Å². The number of nitrogens with one attached hydrogen (secondary N) is 1. The van der Waals surface area contributed by atoms with E-state index in [9.17, 15) is 15.2 Å². The molecule has 0 atom stereocenters. The van der Waals surface area contributed by atoms with Crippen molar-refractivity contribution >= 4 is 11.6 Å². The van der Waals surface area contributed by atoms with Gasteiger partial charge < -0.3 is 10.4 Å². The molecule has 18 heavy (non-hydrogen) atoms. The van der Waals surface area contributed by atoms with Gasteiger partial charge >= 0.3 is 5.69 Å². The fourth-order valence-electron chi connectivity index (χ4n) is 2.27. The Bertz CT molecular complexity index is 415. The highest BCUT2D eigenvalue weighted by atomic mass is 16.6. The van der Waals surface area contributed by atoms with Crippen LogP contribution < -0.4 is 5.32 Å². The summed E-state index contributed by atoms with van der Waals surface area (Å²) in [5.41, 5.74) is -0.517. The summed E-state index contributed by atoms with van der Waals surface area (Å²) in [6.45, 7) is 0.0212. The lowest BCUT2D eigenvalue weighted by Crippen LogP contribution is -2.44. The molecule has 1 aliphatic carbocycles. The van der Waals surface area contributed by atoms with E-state index in [-0.39, 0.29) is 17.8 Å². The molecular weight excluding hydrogens is 236 g/mol.